The molecule has 10 heteroatoms. The number of hydrogen-bond acceptors (Lipinski definition) is 3. The number of rotatable bonds is 4. The molecule has 7 nitrogen and oxygen atoms in total. The van der Waals surface area contributed by atoms with Gasteiger partial charge in [0.1, 0.15) is 0 Å². The Labute approximate surface area is 172 Å². The number of guanidine groups is 2. The number of anilines is 1. The zero-order valence-corrected chi connectivity index (χ0v) is 16.3. The Morgan fingerprint density at radius 1 is 0.933 bits per heavy atom. The molecule has 1 saturated heterocycles. The van der Waals surface area contributed by atoms with Crippen LogP contribution in [0.2, 0.25) is 0 Å². The summed E-state index contributed by atoms with van der Waals surface area (Å²) < 4.78 is 40.8. The van der Waals surface area contributed by atoms with Crippen LogP contribution in [0.1, 0.15) is 11.1 Å². The molecule has 160 valence electrons. The van der Waals surface area contributed by atoms with E-state index < -0.39 is 17.7 Å². The molecule has 1 aliphatic heterocycles. The minimum Gasteiger partial charge on any atom is -0.370 e. The van der Waals surface area contributed by atoms with E-state index in [1.807, 2.05) is 23.1 Å². The summed E-state index contributed by atoms with van der Waals surface area (Å²) in [5.41, 5.74) is 16.3. The lowest BCUT2D eigenvalue weighted by atomic mass is 10.1. The van der Waals surface area contributed by atoms with Crippen molar-refractivity contribution in [3.63, 3.8) is 0 Å². The number of hydrogen-bond donors (Lipinski definition) is 3. The smallest absolute Gasteiger partial charge is 0.370 e. The molecule has 3 rings (SSSR count). The van der Waals surface area contributed by atoms with E-state index in [2.05, 4.69) is 27.0 Å². The van der Waals surface area contributed by atoms with Crippen molar-refractivity contribution < 1.29 is 13.2 Å². The van der Waals surface area contributed by atoms with Gasteiger partial charge in [-0.1, -0.05) is 30.3 Å². The second kappa shape index (κ2) is 9.04. The maximum absolute atomic E-state index is 13.6. The van der Waals surface area contributed by atoms with Gasteiger partial charge >= 0.3 is 6.18 Å². The Hall–Kier alpha value is -3.27. The van der Waals surface area contributed by atoms with Crippen molar-refractivity contribution in [3.8, 4) is 0 Å². The second-order valence-corrected chi connectivity index (χ2v) is 6.95. The lowest BCUT2D eigenvalue weighted by Gasteiger charge is -2.36. The summed E-state index contributed by atoms with van der Waals surface area (Å²) >= 11 is 0. The van der Waals surface area contributed by atoms with Gasteiger partial charge in [-0.15, -0.1) is 0 Å². The monoisotopic (exact) mass is 419 g/mol. The van der Waals surface area contributed by atoms with Crippen LogP contribution in [0.4, 0.5) is 24.5 Å². The maximum Gasteiger partial charge on any atom is 0.418 e. The molecule has 0 atom stereocenters. The molecule has 2 aromatic carbocycles. The summed E-state index contributed by atoms with van der Waals surface area (Å²) in [6.45, 7) is 3.59. The lowest BCUT2D eigenvalue weighted by molar-refractivity contribution is -0.137. The summed E-state index contributed by atoms with van der Waals surface area (Å²) in [5, 5.41) is 0. The minimum absolute atomic E-state index is 0.337. The fourth-order valence-electron chi connectivity index (χ4n) is 3.33. The predicted octanol–water partition coefficient (Wildman–Crippen LogP) is 2.25. The second-order valence-electron chi connectivity index (χ2n) is 6.95. The van der Waals surface area contributed by atoms with E-state index in [4.69, 9.17) is 17.2 Å². The van der Waals surface area contributed by atoms with Gasteiger partial charge in [-0.3, -0.25) is 4.90 Å². The topological polar surface area (TPSA) is 109 Å². The van der Waals surface area contributed by atoms with E-state index in [9.17, 15) is 13.2 Å². The van der Waals surface area contributed by atoms with Crippen LogP contribution in [-0.4, -0.2) is 43.0 Å². The van der Waals surface area contributed by atoms with Crippen molar-refractivity contribution in [2.45, 2.75) is 12.7 Å². The first kappa shape index (κ1) is 21.4. The fourth-order valence-corrected chi connectivity index (χ4v) is 3.33. The molecule has 0 unspecified atom stereocenters. The van der Waals surface area contributed by atoms with E-state index in [0.29, 0.717) is 18.8 Å². The van der Waals surface area contributed by atoms with Crippen LogP contribution in [0, 0.1) is 0 Å². The van der Waals surface area contributed by atoms with E-state index >= 15 is 0 Å². The van der Waals surface area contributed by atoms with Gasteiger partial charge in [-0.25, -0.2) is 4.99 Å². The highest BCUT2D eigenvalue weighted by molar-refractivity contribution is 5.93. The molecule has 6 N–H and O–H groups in total. The molecular weight excluding hydrogens is 395 g/mol. The first-order valence-electron chi connectivity index (χ1n) is 9.38. The molecule has 0 aromatic heterocycles. The Balaban J connectivity index is 1.75. The van der Waals surface area contributed by atoms with Crippen LogP contribution in [0.3, 0.4) is 0 Å². The molecular formula is C20H24F3N7. The van der Waals surface area contributed by atoms with Crippen LogP contribution in [0.15, 0.2) is 58.5 Å². The average Bonchev–Trinajstić information content (AvgIpc) is 2.68. The number of benzene rings is 2. The summed E-state index contributed by atoms with van der Waals surface area (Å²) in [6, 6.07) is 14.1. The van der Waals surface area contributed by atoms with Crippen molar-refractivity contribution >= 4 is 23.3 Å². The van der Waals surface area contributed by atoms with Gasteiger partial charge in [0.25, 0.3) is 0 Å². The average molecular weight is 419 g/mol. The van der Waals surface area contributed by atoms with E-state index in [-0.39, 0.29) is 11.6 Å². The van der Waals surface area contributed by atoms with Crippen LogP contribution >= 0.6 is 0 Å². The number of nitrogens with two attached hydrogens (primary N) is 3. The van der Waals surface area contributed by atoms with Crippen LogP contribution in [0.5, 0.6) is 0 Å². The van der Waals surface area contributed by atoms with Gasteiger partial charge in [0.2, 0.25) is 5.96 Å². The molecule has 1 aliphatic rings. The zero-order valence-electron chi connectivity index (χ0n) is 16.3. The summed E-state index contributed by atoms with van der Waals surface area (Å²) in [7, 11) is 0. The molecule has 0 bridgehead atoms. The highest BCUT2D eigenvalue weighted by Gasteiger charge is 2.34. The predicted molar refractivity (Wildman–Crippen MR) is 112 cm³/mol. The third kappa shape index (κ3) is 5.63. The van der Waals surface area contributed by atoms with Crippen molar-refractivity contribution in [1.29, 1.82) is 0 Å². The maximum atomic E-state index is 13.6. The Morgan fingerprint density at radius 3 is 2.20 bits per heavy atom. The quantitative estimate of drug-likeness (QED) is 0.520. The zero-order chi connectivity index (χ0) is 21.7. The molecule has 0 radical (unpaired) electrons. The van der Waals surface area contributed by atoms with Crippen LogP contribution < -0.4 is 22.1 Å². The number of nitrogens with zero attached hydrogens (tertiary/aromatic N) is 4. The Morgan fingerprint density at radius 2 is 1.60 bits per heavy atom. The number of halogens is 3. The largest absolute Gasteiger partial charge is 0.418 e. The van der Waals surface area contributed by atoms with Crippen molar-refractivity contribution in [3.05, 3.63) is 59.7 Å². The Bertz CT molecular complexity index is 914. The molecule has 0 aliphatic carbocycles. The van der Waals surface area contributed by atoms with Crippen molar-refractivity contribution in [2.75, 3.05) is 31.1 Å². The molecule has 0 amide bonds. The number of alkyl halides is 3. The van der Waals surface area contributed by atoms with Crippen LogP contribution in [-0.2, 0) is 12.7 Å². The lowest BCUT2D eigenvalue weighted by Crippen LogP contribution is -2.46. The van der Waals surface area contributed by atoms with E-state index in [1.165, 1.54) is 11.6 Å². The summed E-state index contributed by atoms with van der Waals surface area (Å²) in [6.07, 6.45) is -4.60. The molecule has 0 saturated carbocycles. The summed E-state index contributed by atoms with van der Waals surface area (Å²) in [5.74, 6) is -0.822. The SMILES string of the molecule is NC(N)=NC(N)=Nc1ccc(N2CCN(Cc3ccccc3)CC2)cc1C(F)(F)F. The third-order valence-electron chi connectivity index (χ3n) is 4.75. The van der Waals surface area contributed by atoms with Crippen molar-refractivity contribution in [2.24, 2.45) is 27.2 Å². The molecule has 0 spiro atoms. The number of aliphatic imine (C=N–C) groups is 2. The van der Waals surface area contributed by atoms with Crippen molar-refractivity contribution in [1.82, 2.24) is 4.90 Å². The third-order valence-corrected chi connectivity index (χ3v) is 4.75. The molecule has 30 heavy (non-hydrogen) atoms. The first-order chi connectivity index (χ1) is 14.2. The van der Waals surface area contributed by atoms with E-state index in [0.717, 1.165) is 25.7 Å². The fraction of sp³-hybridized carbons (Fsp3) is 0.300. The minimum atomic E-state index is -4.60. The van der Waals surface area contributed by atoms with Gasteiger partial charge in [0.15, 0.2) is 5.96 Å². The summed E-state index contributed by atoms with van der Waals surface area (Å²) in [4.78, 5) is 11.4. The van der Waals surface area contributed by atoms with Gasteiger partial charge < -0.3 is 22.1 Å². The highest BCUT2D eigenvalue weighted by Crippen LogP contribution is 2.39. The normalized spacial score (nSPS) is 15.8. The first-order valence-corrected chi connectivity index (χ1v) is 9.38. The Kier molecular flexibility index (Phi) is 6.46. The molecule has 2 aromatic rings. The van der Waals surface area contributed by atoms with Gasteiger partial charge in [-0.05, 0) is 23.8 Å². The van der Waals surface area contributed by atoms with E-state index in [1.54, 1.807) is 6.07 Å². The highest BCUT2D eigenvalue weighted by atomic mass is 19.4. The van der Waals surface area contributed by atoms with Gasteiger partial charge in [0.05, 0.1) is 11.3 Å². The van der Waals surface area contributed by atoms with Gasteiger partial charge in [0, 0.05) is 38.4 Å². The standard InChI is InChI=1S/C20H24F3N7/c21-20(22,23)16-12-15(6-7-17(16)27-19(26)28-18(24)25)30-10-8-29(9-11-30)13-14-4-2-1-3-5-14/h1-7,12H,8-11,13H2,(H6,24,25,26,27,28). The van der Waals surface area contributed by atoms with Gasteiger partial charge in [-0.2, -0.15) is 18.2 Å². The number of piperazine rings is 1. The molecule has 1 heterocycles. The van der Waals surface area contributed by atoms with Crippen LogP contribution in [0.25, 0.3) is 0 Å². The molecule has 1 fully saturated rings.